The second-order valence-electron chi connectivity index (χ2n) is 9.85. The molecule has 1 unspecified atom stereocenters. The number of nitrogens with two attached hydrogens (primary N) is 1. The Bertz CT molecular complexity index is 883. The predicted octanol–water partition coefficient (Wildman–Crippen LogP) is 3.18. The molecule has 1 aromatic rings. The van der Waals surface area contributed by atoms with Gasteiger partial charge in [0.15, 0.2) is 6.17 Å². The van der Waals surface area contributed by atoms with Crippen molar-refractivity contribution in [1.29, 1.82) is 0 Å². The van der Waals surface area contributed by atoms with E-state index < -0.39 is 18.0 Å². The lowest BCUT2D eigenvalue weighted by Crippen LogP contribution is -2.65. The van der Waals surface area contributed by atoms with E-state index in [2.05, 4.69) is 10.6 Å². The van der Waals surface area contributed by atoms with Crippen LogP contribution in [-0.4, -0.2) is 59.0 Å². The largest absolute Gasteiger partial charge is 0.350 e. The molecule has 2 saturated carbocycles. The molecule has 0 radical (unpaired) electrons. The number of benzene rings is 1. The van der Waals surface area contributed by atoms with Crippen molar-refractivity contribution in [3.63, 3.8) is 0 Å². The fraction of sp³-hybridized carbons (Fsp3) is 0.640. The van der Waals surface area contributed by atoms with Crippen LogP contribution in [0, 0.1) is 11.7 Å². The summed E-state index contributed by atoms with van der Waals surface area (Å²) in [6, 6.07) is 5.25. The molecule has 2 aliphatic carbocycles. The van der Waals surface area contributed by atoms with Gasteiger partial charge in [-0.15, -0.1) is 0 Å². The van der Waals surface area contributed by atoms with Crippen molar-refractivity contribution >= 4 is 23.5 Å². The first-order valence-electron chi connectivity index (χ1n) is 12.6. The summed E-state index contributed by atoms with van der Waals surface area (Å²) in [5, 5.41) is 5.78. The number of carbonyl (C=O) groups is 3. The third-order valence-electron chi connectivity index (χ3n) is 7.32. The molecule has 3 aliphatic rings. The van der Waals surface area contributed by atoms with Crippen molar-refractivity contribution in [3.05, 3.63) is 30.1 Å². The third kappa shape index (κ3) is 5.87. The quantitative estimate of drug-likeness (QED) is 0.624. The summed E-state index contributed by atoms with van der Waals surface area (Å²) in [7, 11) is 0. The smallest absolute Gasteiger partial charge is 0.323 e. The van der Waals surface area contributed by atoms with Gasteiger partial charge in [0.05, 0.1) is 0 Å². The van der Waals surface area contributed by atoms with Gasteiger partial charge in [0.25, 0.3) is 5.91 Å². The van der Waals surface area contributed by atoms with Crippen LogP contribution in [0.3, 0.4) is 0 Å². The minimum absolute atomic E-state index is 0.0195. The van der Waals surface area contributed by atoms with Crippen LogP contribution in [0.2, 0.25) is 0 Å². The van der Waals surface area contributed by atoms with Crippen LogP contribution in [0.4, 0.5) is 14.9 Å². The number of urea groups is 1. The molecular weight excluding hydrogens is 437 g/mol. The maximum absolute atomic E-state index is 13.6. The first-order chi connectivity index (χ1) is 16.4. The molecule has 4 rings (SSSR count). The van der Waals surface area contributed by atoms with E-state index >= 15 is 0 Å². The highest BCUT2D eigenvalue weighted by molar-refractivity contribution is 5.96. The van der Waals surface area contributed by atoms with E-state index in [1.165, 1.54) is 23.1 Å². The molecule has 3 fully saturated rings. The number of hydrogen-bond donors (Lipinski definition) is 3. The second-order valence-corrected chi connectivity index (χ2v) is 9.85. The molecule has 1 heterocycles. The van der Waals surface area contributed by atoms with Crippen molar-refractivity contribution in [2.45, 2.75) is 82.5 Å². The zero-order chi connectivity index (χ0) is 24.1. The Labute approximate surface area is 200 Å². The monoisotopic (exact) mass is 473 g/mol. The van der Waals surface area contributed by atoms with E-state index in [0.29, 0.717) is 25.2 Å². The molecule has 186 valence electrons. The first-order valence-corrected chi connectivity index (χ1v) is 12.6. The highest BCUT2D eigenvalue weighted by Crippen LogP contribution is 2.29. The van der Waals surface area contributed by atoms with Gasteiger partial charge < -0.3 is 21.3 Å². The number of anilines is 1. The Hall–Kier alpha value is -2.68. The highest BCUT2D eigenvalue weighted by Gasteiger charge is 2.42. The average molecular weight is 474 g/mol. The van der Waals surface area contributed by atoms with Crippen LogP contribution < -0.4 is 16.4 Å². The number of halogens is 1. The maximum atomic E-state index is 13.6. The van der Waals surface area contributed by atoms with Crippen molar-refractivity contribution in [2.75, 3.05) is 18.4 Å². The van der Waals surface area contributed by atoms with Crippen LogP contribution in [0.1, 0.15) is 64.2 Å². The maximum Gasteiger partial charge on any atom is 0.323 e. The third-order valence-corrected chi connectivity index (χ3v) is 7.32. The molecule has 4 amide bonds. The topological polar surface area (TPSA) is 108 Å². The number of nitrogens with one attached hydrogen (secondary N) is 2. The molecule has 9 heteroatoms. The van der Waals surface area contributed by atoms with Gasteiger partial charge in [-0.1, -0.05) is 25.3 Å². The number of carbonyl (C=O) groups excluding carboxylic acids is 3. The fourth-order valence-electron chi connectivity index (χ4n) is 5.44. The summed E-state index contributed by atoms with van der Waals surface area (Å²) in [5.41, 5.74) is 6.31. The zero-order valence-electron chi connectivity index (χ0n) is 19.7. The first kappa shape index (κ1) is 24.4. The van der Waals surface area contributed by atoms with E-state index in [4.69, 9.17) is 5.73 Å². The lowest BCUT2D eigenvalue weighted by atomic mass is 9.88. The van der Waals surface area contributed by atoms with E-state index in [-0.39, 0.29) is 29.8 Å². The lowest BCUT2D eigenvalue weighted by molar-refractivity contribution is -0.152. The van der Waals surface area contributed by atoms with Gasteiger partial charge in [-0.3, -0.25) is 14.5 Å². The molecule has 4 N–H and O–H groups in total. The molecule has 0 spiro atoms. The van der Waals surface area contributed by atoms with E-state index in [1.54, 1.807) is 11.0 Å². The minimum atomic E-state index is -1.02. The minimum Gasteiger partial charge on any atom is -0.350 e. The van der Waals surface area contributed by atoms with Gasteiger partial charge in [-0.25, -0.2) is 9.18 Å². The average Bonchev–Trinajstić information content (AvgIpc) is 2.85. The lowest BCUT2D eigenvalue weighted by Gasteiger charge is -2.44. The van der Waals surface area contributed by atoms with Crippen LogP contribution in [-0.2, 0) is 9.59 Å². The molecule has 1 atom stereocenters. The molecule has 1 aromatic carbocycles. The Kier molecular flexibility index (Phi) is 8.03. The number of hydrogen-bond acceptors (Lipinski definition) is 4. The predicted molar refractivity (Wildman–Crippen MR) is 127 cm³/mol. The van der Waals surface area contributed by atoms with Gasteiger partial charge in [0.2, 0.25) is 5.91 Å². The SMILES string of the molecule is NC1CCC(NC(=O)C2N(C(=O)Nc3cccc(F)c3)CCCN2C(=O)C2CCCCC2)CC1. The molecule has 8 nitrogen and oxygen atoms in total. The molecule has 1 aliphatic heterocycles. The van der Waals surface area contributed by atoms with E-state index in [0.717, 1.165) is 57.8 Å². The van der Waals surface area contributed by atoms with Crippen LogP contribution in [0.25, 0.3) is 0 Å². The van der Waals surface area contributed by atoms with Gasteiger partial charge in [-0.2, -0.15) is 0 Å². The van der Waals surface area contributed by atoms with Crippen molar-refractivity contribution in [3.8, 4) is 0 Å². The zero-order valence-corrected chi connectivity index (χ0v) is 19.7. The number of nitrogens with zero attached hydrogens (tertiary/aromatic N) is 2. The Morgan fingerprint density at radius 1 is 0.912 bits per heavy atom. The fourth-order valence-corrected chi connectivity index (χ4v) is 5.44. The summed E-state index contributed by atoms with van der Waals surface area (Å²) in [6.45, 7) is 0.774. The van der Waals surface area contributed by atoms with E-state index in [9.17, 15) is 18.8 Å². The normalized spacial score (nSPS) is 26.1. The van der Waals surface area contributed by atoms with Gasteiger partial charge in [0, 0.05) is 36.8 Å². The summed E-state index contributed by atoms with van der Waals surface area (Å²) >= 11 is 0. The molecule has 34 heavy (non-hydrogen) atoms. The summed E-state index contributed by atoms with van der Waals surface area (Å²) in [4.78, 5) is 43.3. The van der Waals surface area contributed by atoms with Crippen molar-refractivity contribution in [2.24, 2.45) is 11.7 Å². The van der Waals surface area contributed by atoms with Gasteiger partial charge in [0.1, 0.15) is 5.82 Å². The van der Waals surface area contributed by atoms with Crippen LogP contribution in [0.15, 0.2) is 24.3 Å². The van der Waals surface area contributed by atoms with Crippen molar-refractivity contribution in [1.82, 2.24) is 15.1 Å². The van der Waals surface area contributed by atoms with Crippen LogP contribution in [0.5, 0.6) is 0 Å². The molecular formula is C25H36FN5O3. The van der Waals surface area contributed by atoms with Gasteiger partial charge in [-0.05, 0) is 63.1 Å². The summed E-state index contributed by atoms with van der Waals surface area (Å²) < 4.78 is 13.6. The standard InChI is InChI=1S/C25H36FN5O3/c26-18-8-4-9-21(16-18)29-25(34)31-15-5-14-30(24(33)17-6-2-1-3-7-17)23(31)22(32)28-20-12-10-19(27)11-13-20/h4,8-9,16-17,19-20,23H,1-3,5-7,10-15,27H2,(H,28,32)(H,29,34). The second kappa shape index (κ2) is 11.2. The van der Waals surface area contributed by atoms with E-state index in [1.807, 2.05) is 0 Å². The Morgan fingerprint density at radius 2 is 1.62 bits per heavy atom. The molecule has 0 aromatic heterocycles. The molecule has 1 saturated heterocycles. The number of amides is 4. The van der Waals surface area contributed by atoms with Gasteiger partial charge >= 0.3 is 6.03 Å². The summed E-state index contributed by atoms with van der Waals surface area (Å²) in [6.07, 6.45) is 7.58. The van der Waals surface area contributed by atoms with Crippen LogP contribution >= 0.6 is 0 Å². The Balaban J connectivity index is 1.54. The molecule has 0 bridgehead atoms. The number of rotatable bonds is 4. The summed E-state index contributed by atoms with van der Waals surface area (Å²) in [5.74, 6) is -0.953. The Morgan fingerprint density at radius 3 is 2.32 bits per heavy atom. The van der Waals surface area contributed by atoms with Crippen molar-refractivity contribution < 1.29 is 18.8 Å². The highest BCUT2D eigenvalue weighted by atomic mass is 19.1.